The Balaban J connectivity index is 4.84. The van der Waals surface area contributed by atoms with Crippen LogP contribution in [-0.2, 0) is 9.47 Å². The molecule has 0 heterocycles. The van der Waals surface area contributed by atoms with Crippen molar-refractivity contribution >= 4 is 8.07 Å². The maximum Gasteiger partial charge on any atom is 0.196 e. The van der Waals surface area contributed by atoms with Gasteiger partial charge in [-0.05, 0) is 18.9 Å². The largest absolute Gasteiger partial charge is 0.467 e. The Kier molecular flexibility index (Phi) is 5.53. The summed E-state index contributed by atoms with van der Waals surface area (Å²) in [5, 5.41) is 1.12. The monoisotopic (exact) mass is 242 g/mol. The Morgan fingerprint density at radius 2 is 1.88 bits per heavy atom. The molecule has 3 heteroatoms. The van der Waals surface area contributed by atoms with Crippen LogP contribution in [0.15, 0.2) is 17.7 Å². The molecule has 1 atom stereocenters. The van der Waals surface area contributed by atoms with Crippen molar-refractivity contribution in [2.75, 3.05) is 6.61 Å². The van der Waals surface area contributed by atoms with Crippen molar-refractivity contribution < 1.29 is 9.47 Å². The van der Waals surface area contributed by atoms with E-state index in [2.05, 4.69) is 46.2 Å². The quantitative estimate of drug-likeness (QED) is 0.313. The topological polar surface area (TPSA) is 18.5 Å². The van der Waals surface area contributed by atoms with Crippen molar-refractivity contribution in [2.24, 2.45) is 0 Å². The van der Waals surface area contributed by atoms with Gasteiger partial charge in [0.1, 0.15) is 13.5 Å². The highest BCUT2D eigenvalue weighted by atomic mass is 28.3. The molecule has 0 aliphatic rings. The van der Waals surface area contributed by atoms with Crippen LogP contribution in [-0.4, -0.2) is 21.0 Å². The van der Waals surface area contributed by atoms with Gasteiger partial charge >= 0.3 is 0 Å². The average Bonchev–Trinajstić information content (AvgIpc) is 2.12. The molecular weight excluding hydrogens is 216 g/mol. The predicted octanol–water partition coefficient (Wildman–Crippen LogP) is 4.10. The Morgan fingerprint density at radius 1 is 1.38 bits per heavy atom. The second-order valence-corrected chi connectivity index (χ2v) is 10.7. The van der Waals surface area contributed by atoms with Gasteiger partial charge in [-0.25, -0.2) is 0 Å². The lowest BCUT2D eigenvalue weighted by molar-refractivity contribution is -0.0935. The average molecular weight is 242 g/mol. The van der Waals surface area contributed by atoms with E-state index in [9.17, 15) is 0 Å². The lowest BCUT2D eigenvalue weighted by Gasteiger charge is -2.37. The van der Waals surface area contributed by atoms with Crippen LogP contribution < -0.4 is 0 Å². The van der Waals surface area contributed by atoms with Crippen LogP contribution >= 0.6 is 0 Å². The molecule has 1 unspecified atom stereocenters. The van der Waals surface area contributed by atoms with Gasteiger partial charge in [0.25, 0.3) is 0 Å². The van der Waals surface area contributed by atoms with Crippen LogP contribution in [0.3, 0.4) is 0 Å². The maximum absolute atomic E-state index is 5.81. The van der Waals surface area contributed by atoms with Gasteiger partial charge in [-0.2, -0.15) is 0 Å². The summed E-state index contributed by atoms with van der Waals surface area (Å²) in [5.41, 5.74) is 2.96. The summed E-state index contributed by atoms with van der Waals surface area (Å²) >= 11 is 0. The van der Waals surface area contributed by atoms with Gasteiger partial charge in [0, 0.05) is 6.61 Å². The molecule has 0 aliphatic carbocycles. The lowest BCUT2D eigenvalue weighted by atomic mass is 10.2. The van der Waals surface area contributed by atoms with E-state index in [4.69, 9.17) is 9.47 Å². The number of ether oxygens (including phenoxy) is 2. The molecule has 0 radical (unpaired) electrons. The van der Waals surface area contributed by atoms with E-state index in [-0.39, 0.29) is 11.3 Å². The minimum Gasteiger partial charge on any atom is -0.467 e. The van der Waals surface area contributed by atoms with Crippen molar-refractivity contribution in [1.82, 2.24) is 0 Å². The fourth-order valence-electron chi connectivity index (χ4n) is 1.19. The van der Waals surface area contributed by atoms with E-state index in [1.807, 2.05) is 13.8 Å². The van der Waals surface area contributed by atoms with Crippen molar-refractivity contribution in [3.8, 4) is 0 Å². The van der Waals surface area contributed by atoms with E-state index < -0.39 is 8.07 Å². The number of rotatable bonds is 5. The molecule has 2 nitrogen and oxygen atoms in total. The molecule has 0 aromatic heterocycles. The van der Waals surface area contributed by atoms with Gasteiger partial charge in [0.05, 0.1) is 0 Å². The van der Waals surface area contributed by atoms with Crippen LogP contribution in [0.1, 0.15) is 34.6 Å². The molecule has 0 saturated carbocycles. The minimum atomic E-state index is -1.69. The van der Waals surface area contributed by atoms with Crippen molar-refractivity contribution in [3.63, 3.8) is 0 Å². The molecule has 0 aliphatic heterocycles. The smallest absolute Gasteiger partial charge is 0.196 e. The van der Waals surface area contributed by atoms with Crippen molar-refractivity contribution in [1.29, 1.82) is 0 Å². The zero-order valence-corrected chi connectivity index (χ0v) is 12.8. The van der Waals surface area contributed by atoms with Crippen LogP contribution in [0.2, 0.25) is 18.1 Å². The SMILES string of the molecule is C=C=C(OC(C)OCC)[Si](C)(C)C(C)(C)C. The van der Waals surface area contributed by atoms with Crippen LogP contribution in [0, 0.1) is 0 Å². The normalized spacial score (nSPS) is 14.2. The second-order valence-electron chi connectivity index (χ2n) is 5.52. The van der Waals surface area contributed by atoms with Gasteiger partial charge in [0.15, 0.2) is 6.29 Å². The summed E-state index contributed by atoms with van der Waals surface area (Å²) in [5.74, 6) is 0. The third-order valence-electron chi connectivity index (χ3n) is 3.29. The first-order valence-corrected chi connectivity index (χ1v) is 8.85. The summed E-state index contributed by atoms with van der Waals surface area (Å²) in [4.78, 5) is 0. The van der Waals surface area contributed by atoms with E-state index in [0.717, 1.165) is 5.38 Å². The van der Waals surface area contributed by atoms with E-state index >= 15 is 0 Å². The fraction of sp³-hybridized carbons (Fsp3) is 0.769. The third-order valence-corrected chi connectivity index (χ3v) is 8.47. The molecule has 16 heavy (non-hydrogen) atoms. The van der Waals surface area contributed by atoms with E-state index in [1.165, 1.54) is 0 Å². The Morgan fingerprint density at radius 3 is 2.19 bits per heavy atom. The molecular formula is C13H26O2Si. The molecule has 0 N–H and O–H groups in total. The summed E-state index contributed by atoms with van der Waals surface area (Å²) in [7, 11) is -1.69. The summed E-state index contributed by atoms with van der Waals surface area (Å²) in [6.45, 7) is 19.6. The van der Waals surface area contributed by atoms with Crippen LogP contribution in [0.4, 0.5) is 0 Å². The maximum atomic E-state index is 5.81. The standard InChI is InChI=1S/C13H26O2Si/c1-9-12(15-11(3)14-10-2)16(7,8)13(4,5)6/h11H,1,10H2,2-8H3. The minimum absolute atomic E-state index is 0.219. The Hall–Kier alpha value is -0.503. The number of hydrogen-bond acceptors (Lipinski definition) is 2. The van der Waals surface area contributed by atoms with Crippen LogP contribution in [0.25, 0.3) is 0 Å². The molecule has 0 saturated heterocycles. The highest BCUT2D eigenvalue weighted by molar-refractivity contribution is 6.86. The zero-order chi connectivity index (χ0) is 13.0. The highest BCUT2D eigenvalue weighted by Crippen LogP contribution is 2.40. The first kappa shape index (κ1) is 15.5. The Bertz CT molecular complexity index is 270. The molecule has 0 aromatic rings. The van der Waals surface area contributed by atoms with Gasteiger partial charge in [-0.3, -0.25) is 0 Å². The van der Waals surface area contributed by atoms with Gasteiger partial charge in [-0.15, -0.1) is 0 Å². The fourth-order valence-corrected chi connectivity index (χ4v) is 2.77. The molecule has 0 bridgehead atoms. The lowest BCUT2D eigenvalue weighted by Crippen LogP contribution is -2.41. The first-order valence-electron chi connectivity index (χ1n) is 5.85. The van der Waals surface area contributed by atoms with Crippen molar-refractivity contribution in [3.05, 3.63) is 17.7 Å². The zero-order valence-electron chi connectivity index (χ0n) is 11.8. The summed E-state index contributed by atoms with van der Waals surface area (Å²) in [6.07, 6.45) is -0.219. The molecule has 0 spiro atoms. The second kappa shape index (κ2) is 5.71. The summed E-state index contributed by atoms with van der Waals surface area (Å²) < 4.78 is 11.2. The van der Waals surface area contributed by atoms with Crippen LogP contribution in [0.5, 0.6) is 0 Å². The highest BCUT2D eigenvalue weighted by Gasteiger charge is 2.41. The molecule has 0 amide bonds. The molecule has 94 valence electrons. The van der Waals surface area contributed by atoms with Gasteiger partial charge < -0.3 is 9.47 Å². The molecule has 0 aromatic carbocycles. The first-order chi connectivity index (χ1) is 7.16. The summed E-state index contributed by atoms with van der Waals surface area (Å²) in [6, 6.07) is 0. The van der Waals surface area contributed by atoms with E-state index in [1.54, 1.807) is 0 Å². The predicted molar refractivity (Wildman–Crippen MR) is 72.0 cm³/mol. The molecule has 0 fully saturated rings. The molecule has 0 rings (SSSR count). The van der Waals surface area contributed by atoms with Crippen molar-refractivity contribution in [2.45, 2.75) is 59.0 Å². The van der Waals surface area contributed by atoms with Gasteiger partial charge in [0.2, 0.25) is 0 Å². The number of hydrogen-bond donors (Lipinski definition) is 0. The van der Waals surface area contributed by atoms with Gasteiger partial charge in [-0.1, -0.05) is 46.2 Å². The Labute approximate surface area is 101 Å². The van der Waals surface area contributed by atoms with E-state index in [0.29, 0.717) is 6.61 Å². The third kappa shape index (κ3) is 3.82.